The number of urea groups is 1. The van der Waals surface area contributed by atoms with Gasteiger partial charge >= 0.3 is 17.8 Å². The Hall–Kier alpha value is -3.55. The van der Waals surface area contributed by atoms with Gasteiger partial charge in [0.1, 0.15) is 12.4 Å². The Balaban J connectivity index is 1.74. The van der Waals surface area contributed by atoms with Gasteiger partial charge in [0, 0.05) is 6.07 Å². The molecule has 4 amide bonds. The van der Waals surface area contributed by atoms with Gasteiger partial charge in [0.15, 0.2) is 11.5 Å². The molecule has 1 aliphatic rings. The molecule has 2 aromatic rings. The first-order chi connectivity index (χ1) is 15.1. The zero-order valence-electron chi connectivity index (χ0n) is 17.7. The maximum absolute atomic E-state index is 12.8. The van der Waals surface area contributed by atoms with E-state index in [1.807, 2.05) is 32.0 Å². The van der Waals surface area contributed by atoms with Gasteiger partial charge in [-0.25, -0.2) is 9.69 Å². The van der Waals surface area contributed by atoms with Crippen molar-refractivity contribution in [2.24, 2.45) is 0 Å². The van der Waals surface area contributed by atoms with Gasteiger partial charge in [-0.3, -0.25) is 14.5 Å². The quantitative estimate of drug-likeness (QED) is 0.403. The van der Waals surface area contributed by atoms with Crippen LogP contribution in [0.25, 0.3) is 0 Å². The number of amides is 4. The number of benzene rings is 2. The van der Waals surface area contributed by atoms with Gasteiger partial charge in [0.25, 0.3) is 0 Å². The lowest BCUT2D eigenvalue weighted by Gasteiger charge is -2.18. The summed E-state index contributed by atoms with van der Waals surface area (Å²) in [6.07, 6.45) is 1.61. The minimum atomic E-state index is -0.909. The van der Waals surface area contributed by atoms with Crippen molar-refractivity contribution in [2.45, 2.75) is 26.7 Å². The third-order valence-electron chi connectivity index (χ3n) is 4.49. The first kappa shape index (κ1) is 22.1. The Bertz CT molecular complexity index is 931. The number of hydrogen-bond donors (Lipinski definition) is 0. The highest BCUT2D eigenvalue weighted by Gasteiger charge is 2.45. The predicted molar refractivity (Wildman–Crippen MR) is 115 cm³/mol. The van der Waals surface area contributed by atoms with Crippen molar-refractivity contribution < 1.29 is 28.6 Å². The molecule has 2 aromatic carbocycles. The van der Waals surface area contributed by atoms with Gasteiger partial charge in [-0.1, -0.05) is 32.0 Å². The van der Waals surface area contributed by atoms with Crippen molar-refractivity contribution in [2.75, 3.05) is 31.3 Å². The Morgan fingerprint density at radius 2 is 1.42 bits per heavy atom. The number of para-hydroxylation sites is 1. The normalized spacial score (nSPS) is 13.7. The fourth-order valence-electron chi connectivity index (χ4n) is 2.99. The highest BCUT2D eigenvalue weighted by molar-refractivity contribution is 6.52. The molecular formula is C23H26N2O6. The summed E-state index contributed by atoms with van der Waals surface area (Å²) in [6, 6.07) is 13.1. The molecule has 8 heteroatoms. The van der Waals surface area contributed by atoms with Gasteiger partial charge in [0.2, 0.25) is 0 Å². The van der Waals surface area contributed by atoms with E-state index in [9.17, 15) is 14.4 Å². The van der Waals surface area contributed by atoms with E-state index in [-0.39, 0.29) is 18.8 Å². The molecule has 0 aromatic heterocycles. The van der Waals surface area contributed by atoms with Crippen molar-refractivity contribution in [3.63, 3.8) is 0 Å². The molecule has 31 heavy (non-hydrogen) atoms. The molecule has 1 fully saturated rings. The standard InChI is InChI=1S/C23H26N2O6/c1-3-13-30-19-11-10-17(16-20(19)31-14-4-2)25-22(27)21(26)24(23(25)28)12-15-29-18-8-6-5-7-9-18/h5-11,16H,3-4,12-15H2,1-2H3. The molecule has 0 saturated carbocycles. The van der Waals surface area contributed by atoms with Crippen LogP contribution >= 0.6 is 0 Å². The van der Waals surface area contributed by atoms with Gasteiger partial charge in [-0.15, -0.1) is 0 Å². The van der Waals surface area contributed by atoms with Gasteiger partial charge in [-0.05, 0) is 37.1 Å². The smallest absolute Gasteiger partial charge is 0.339 e. The summed E-state index contributed by atoms with van der Waals surface area (Å²) in [5.74, 6) is -0.230. The molecule has 0 spiro atoms. The molecule has 164 valence electrons. The Labute approximate surface area is 181 Å². The number of hydrogen-bond acceptors (Lipinski definition) is 6. The van der Waals surface area contributed by atoms with Crippen LogP contribution in [0.4, 0.5) is 10.5 Å². The van der Waals surface area contributed by atoms with Crippen molar-refractivity contribution >= 4 is 23.5 Å². The Morgan fingerprint density at radius 3 is 2.10 bits per heavy atom. The number of ether oxygens (including phenoxy) is 3. The SMILES string of the molecule is CCCOc1ccc(N2C(=O)C(=O)N(CCOc3ccccc3)C2=O)cc1OCCC. The predicted octanol–water partition coefficient (Wildman–Crippen LogP) is 3.64. The van der Waals surface area contributed by atoms with E-state index in [2.05, 4.69) is 0 Å². The molecule has 1 saturated heterocycles. The summed E-state index contributed by atoms with van der Waals surface area (Å²) >= 11 is 0. The molecule has 0 aliphatic carbocycles. The summed E-state index contributed by atoms with van der Waals surface area (Å²) in [6.45, 7) is 4.97. The highest BCUT2D eigenvalue weighted by atomic mass is 16.5. The van der Waals surface area contributed by atoms with Crippen molar-refractivity contribution in [3.05, 3.63) is 48.5 Å². The Kier molecular flexibility index (Phi) is 7.48. The third kappa shape index (κ3) is 5.14. The van der Waals surface area contributed by atoms with Crippen LogP contribution in [-0.2, 0) is 9.59 Å². The molecule has 0 bridgehead atoms. The summed E-state index contributed by atoms with van der Waals surface area (Å²) < 4.78 is 17.0. The van der Waals surface area contributed by atoms with Gasteiger partial charge in [0.05, 0.1) is 25.4 Å². The second-order valence-corrected chi connectivity index (χ2v) is 6.87. The van der Waals surface area contributed by atoms with E-state index in [1.54, 1.807) is 30.3 Å². The Morgan fingerprint density at radius 1 is 0.742 bits per heavy atom. The van der Waals surface area contributed by atoms with Crippen molar-refractivity contribution in [1.82, 2.24) is 4.90 Å². The maximum atomic E-state index is 12.8. The van der Waals surface area contributed by atoms with E-state index in [0.29, 0.717) is 30.5 Å². The molecule has 1 heterocycles. The first-order valence-electron chi connectivity index (χ1n) is 10.3. The molecule has 3 rings (SSSR count). The fourth-order valence-corrected chi connectivity index (χ4v) is 2.99. The van der Waals surface area contributed by atoms with Crippen molar-refractivity contribution in [1.29, 1.82) is 0 Å². The van der Waals surface area contributed by atoms with E-state index < -0.39 is 17.8 Å². The lowest BCUT2D eigenvalue weighted by atomic mass is 10.2. The number of carbonyl (C=O) groups excluding carboxylic acids is 3. The molecule has 1 aliphatic heterocycles. The van der Waals surface area contributed by atoms with Crippen LogP contribution in [0.3, 0.4) is 0 Å². The second kappa shape index (κ2) is 10.5. The molecular weight excluding hydrogens is 400 g/mol. The molecule has 0 atom stereocenters. The number of carbonyl (C=O) groups is 3. The maximum Gasteiger partial charge on any atom is 0.339 e. The van der Waals surface area contributed by atoms with Crippen LogP contribution in [0.5, 0.6) is 17.2 Å². The van der Waals surface area contributed by atoms with Crippen LogP contribution in [-0.4, -0.2) is 49.1 Å². The average Bonchev–Trinajstić information content (AvgIpc) is 3.00. The monoisotopic (exact) mass is 426 g/mol. The number of rotatable bonds is 11. The fraction of sp³-hybridized carbons (Fsp3) is 0.348. The lowest BCUT2D eigenvalue weighted by Crippen LogP contribution is -2.36. The topological polar surface area (TPSA) is 85.4 Å². The summed E-state index contributed by atoms with van der Waals surface area (Å²) in [5.41, 5.74) is 0.254. The zero-order chi connectivity index (χ0) is 22.2. The van der Waals surface area contributed by atoms with Crippen LogP contribution in [0.15, 0.2) is 48.5 Å². The van der Waals surface area contributed by atoms with Crippen molar-refractivity contribution in [3.8, 4) is 17.2 Å². The van der Waals surface area contributed by atoms with E-state index >= 15 is 0 Å². The molecule has 0 radical (unpaired) electrons. The molecule has 0 N–H and O–H groups in total. The zero-order valence-corrected chi connectivity index (χ0v) is 17.7. The summed E-state index contributed by atoms with van der Waals surface area (Å²) in [7, 11) is 0. The van der Waals surface area contributed by atoms with E-state index in [0.717, 1.165) is 22.6 Å². The van der Waals surface area contributed by atoms with Crippen LogP contribution < -0.4 is 19.1 Å². The number of imide groups is 2. The average molecular weight is 426 g/mol. The van der Waals surface area contributed by atoms with Crippen LogP contribution in [0, 0.1) is 0 Å². The van der Waals surface area contributed by atoms with Gasteiger partial charge in [-0.2, -0.15) is 0 Å². The molecule has 8 nitrogen and oxygen atoms in total. The van der Waals surface area contributed by atoms with E-state index in [1.165, 1.54) is 0 Å². The largest absolute Gasteiger partial charge is 0.492 e. The lowest BCUT2D eigenvalue weighted by molar-refractivity contribution is -0.139. The van der Waals surface area contributed by atoms with Crippen LogP contribution in [0.2, 0.25) is 0 Å². The number of nitrogens with zero attached hydrogens (tertiary/aromatic N) is 2. The molecule has 0 unspecified atom stereocenters. The first-order valence-corrected chi connectivity index (χ1v) is 10.3. The van der Waals surface area contributed by atoms with Gasteiger partial charge < -0.3 is 14.2 Å². The summed E-state index contributed by atoms with van der Waals surface area (Å²) in [5, 5.41) is 0. The minimum absolute atomic E-state index is 0.0360. The van der Waals surface area contributed by atoms with Crippen LogP contribution in [0.1, 0.15) is 26.7 Å². The highest BCUT2D eigenvalue weighted by Crippen LogP contribution is 2.34. The minimum Gasteiger partial charge on any atom is -0.492 e. The third-order valence-corrected chi connectivity index (χ3v) is 4.49. The van der Waals surface area contributed by atoms with E-state index in [4.69, 9.17) is 14.2 Å². The number of anilines is 1. The second-order valence-electron chi connectivity index (χ2n) is 6.87. The summed E-state index contributed by atoms with van der Waals surface area (Å²) in [4.78, 5) is 39.5.